The number of ether oxygens (including phenoxy) is 1. The van der Waals surface area contributed by atoms with Crippen LogP contribution in [-0.2, 0) is 16.0 Å². The van der Waals surface area contributed by atoms with E-state index in [0.717, 1.165) is 17.8 Å². The molecular formula is C21H28FNO2. The van der Waals surface area contributed by atoms with Crippen molar-refractivity contribution >= 4 is 5.91 Å². The van der Waals surface area contributed by atoms with Crippen molar-refractivity contribution in [2.45, 2.75) is 57.0 Å². The fraction of sp³-hybridized carbons (Fsp3) is 0.667. The van der Waals surface area contributed by atoms with Crippen molar-refractivity contribution in [1.29, 1.82) is 0 Å². The summed E-state index contributed by atoms with van der Waals surface area (Å²) in [5.41, 5.74) is 0.703. The van der Waals surface area contributed by atoms with Crippen molar-refractivity contribution in [3.05, 3.63) is 35.6 Å². The first kappa shape index (κ1) is 17.0. The first-order valence-electron chi connectivity index (χ1n) is 9.76. The molecule has 25 heavy (non-hydrogen) atoms. The molecule has 3 nitrogen and oxygen atoms in total. The molecule has 4 aliphatic carbocycles. The van der Waals surface area contributed by atoms with Crippen molar-refractivity contribution in [3.8, 4) is 0 Å². The second-order valence-electron chi connectivity index (χ2n) is 8.39. The van der Waals surface area contributed by atoms with Crippen LogP contribution in [0.25, 0.3) is 0 Å². The molecule has 0 unspecified atom stereocenters. The van der Waals surface area contributed by atoms with Gasteiger partial charge >= 0.3 is 0 Å². The minimum atomic E-state index is -0.236. The third-order valence-electron chi connectivity index (χ3n) is 6.39. The van der Waals surface area contributed by atoms with Gasteiger partial charge in [0, 0.05) is 13.0 Å². The topological polar surface area (TPSA) is 38.3 Å². The van der Waals surface area contributed by atoms with E-state index in [-0.39, 0.29) is 17.3 Å². The number of rotatable bonds is 7. The smallest absolute Gasteiger partial charge is 0.220 e. The average Bonchev–Trinajstić information content (AvgIpc) is 2.57. The van der Waals surface area contributed by atoms with Crippen LogP contribution >= 0.6 is 0 Å². The summed E-state index contributed by atoms with van der Waals surface area (Å²) < 4.78 is 19.9. The van der Waals surface area contributed by atoms with E-state index in [9.17, 15) is 9.18 Å². The van der Waals surface area contributed by atoms with Crippen LogP contribution < -0.4 is 5.32 Å². The van der Waals surface area contributed by atoms with E-state index in [1.165, 1.54) is 44.6 Å². The van der Waals surface area contributed by atoms with Gasteiger partial charge in [-0.25, -0.2) is 4.39 Å². The highest BCUT2D eigenvalue weighted by atomic mass is 19.1. The van der Waals surface area contributed by atoms with Gasteiger partial charge in [-0.2, -0.15) is 0 Å². The molecule has 0 atom stereocenters. The molecule has 0 saturated heterocycles. The van der Waals surface area contributed by atoms with Crippen LogP contribution in [0.3, 0.4) is 0 Å². The van der Waals surface area contributed by atoms with Crippen molar-refractivity contribution in [3.63, 3.8) is 0 Å². The predicted octanol–water partition coefficient (Wildman–Crippen LogP) is 3.86. The van der Waals surface area contributed by atoms with Crippen molar-refractivity contribution in [2.24, 2.45) is 17.8 Å². The van der Waals surface area contributed by atoms with Crippen LogP contribution in [0, 0.1) is 23.6 Å². The molecule has 4 heteroatoms. The summed E-state index contributed by atoms with van der Waals surface area (Å²) in [5, 5.41) is 2.92. The zero-order valence-corrected chi connectivity index (χ0v) is 14.8. The molecule has 4 fully saturated rings. The van der Waals surface area contributed by atoms with Gasteiger partial charge in [0.05, 0.1) is 12.2 Å². The number of benzene rings is 1. The summed E-state index contributed by atoms with van der Waals surface area (Å²) in [6.07, 6.45) is 8.66. The van der Waals surface area contributed by atoms with E-state index in [4.69, 9.17) is 4.74 Å². The molecule has 136 valence electrons. The molecule has 1 N–H and O–H groups in total. The number of hydrogen-bond donors (Lipinski definition) is 1. The van der Waals surface area contributed by atoms with E-state index >= 15 is 0 Å². The van der Waals surface area contributed by atoms with Gasteiger partial charge in [-0.05, 0) is 74.3 Å². The molecule has 0 aliphatic heterocycles. The third kappa shape index (κ3) is 3.89. The van der Waals surface area contributed by atoms with Gasteiger partial charge in [0.1, 0.15) is 5.82 Å². The molecule has 4 saturated carbocycles. The summed E-state index contributed by atoms with van der Waals surface area (Å²) in [6, 6.07) is 6.64. The lowest BCUT2D eigenvalue weighted by atomic mass is 9.54. The van der Waals surface area contributed by atoms with Gasteiger partial charge in [0.2, 0.25) is 5.91 Å². The first-order chi connectivity index (χ1) is 12.1. The SMILES string of the molecule is O=C(CCc1ccccc1F)NCCOC12CC3CC(CC(C3)C1)C2. The maximum Gasteiger partial charge on any atom is 0.220 e. The lowest BCUT2D eigenvalue weighted by Gasteiger charge is -2.56. The Morgan fingerprint density at radius 2 is 1.76 bits per heavy atom. The summed E-state index contributed by atoms with van der Waals surface area (Å²) in [6.45, 7) is 1.15. The molecule has 1 aromatic rings. The lowest BCUT2D eigenvalue weighted by Crippen LogP contribution is -2.52. The van der Waals surface area contributed by atoms with Crippen LogP contribution in [-0.4, -0.2) is 24.7 Å². The number of carbonyl (C=O) groups excluding carboxylic acids is 1. The van der Waals surface area contributed by atoms with Crippen molar-refractivity contribution < 1.29 is 13.9 Å². The predicted molar refractivity (Wildman–Crippen MR) is 94.6 cm³/mol. The minimum absolute atomic E-state index is 0.0302. The van der Waals surface area contributed by atoms with E-state index in [1.807, 2.05) is 0 Å². The molecule has 4 aliphatic rings. The Balaban J connectivity index is 1.17. The Bertz CT molecular complexity index is 595. The Morgan fingerprint density at radius 3 is 2.40 bits per heavy atom. The highest BCUT2D eigenvalue weighted by Crippen LogP contribution is 2.57. The Morgan fingerprint density at radius 1 is 1.12 bits per heavy atom. The first-order valence-corrected chi connectivity index (χ1v) is 9.76. The largest absolute Gasteiger partial charge is 0.373 e. The van der Waals surface area contributed by atoms with Gasteiger partial charge in [-0.15, -0.1) is 0 Å². The van der Waals surface area contributed by atoms with Crippen LogP contribution in [0.2, 0.25) is 0 Å². The quantitative estimate of drug-likeness (QED) is 0.762. The van der Waals surface area contributed by atoms with Gasteiger partial charge < -0.3 is 10.1 Å². The number of halogens is 1. The summed E-state index contributed by atoms with van der Waals surface area (Å²) in [7, 11) is 0. The van der Waals surface area contributed by atoms with Crippen LogP contribution in [0.5, 0.6) is 0 Å². The fourth-order valence-electron chi connectivity index (χ4n) is 5.70. The molecule has 1 aromatic carbocycles. The molecular weight excluding hydrogens is 317 g/mol. The van der Waals surface area contributed by atoms with Crippen LogP contribution in [0.1, 0.15) is 50.5 Å². The van der Waals surface area contributed by atoms with Gasteiger partial charge in [-0.3, -0.25) is 4.79 Å². The number of carbonyl (C=O) groups is 1. The molecule has 1 amide bonds. The van der Waals surface area contributed by atoms with Crippen molar-refractivity contribution in [1.82, 2.24) is 5.32 Å². The Hall–Kier alpha value is -1.42. The van der Waals surface area contributed by atoms with Gasteiger partial charge in [0.25, 0.3) is 0 Å². The van der Waals surface area contributed by atoms with E-state index in [2.05, 4.69) is 5.32 Å². The van der Waals surface area contributed by atoms with Crippen LogP contribution in [0.15, 0.2) is 24.3 Å². The fourth-order valence-corrected chi connectivity index (χ4v) is 5.70. The second kappa shape index (κ2) is 7.06. The number of nitrogens with one attached hydrogen (secondary N) is 1. The minimum Gasteiger partial charge on any atom is -0.373 e. The highest BCUT2D eigenvalue weighted by molar-refractivity contribution is 5.76. The average molecular weight is 345 g/mol. The van der Waals surface area contributed by atoms with E-state index < -0.39 is 0 Å². The van der Waals surface area contributed by atoms with Gasteiger partial charge in [0.15, 0.2) is 0 Å². The zero-order chi connectivity index (χ0) is 17.3. The van der Waals surface area contributed by atoms with E-state index in [1.54, 1.807) is 18.2 Å². The molecule has 5 rings (SSSR count). The third-order valence-corrected chi connectivity index (χ3v) is 6.39. The number of aryl methyl sites for hydroxylation is 1. The summed E-state index contributed by atoms with van der Waals surface area (Å²) in [5.74, 6) is 2.36. The summed E-state index contributed by atoms with van der Waals surface area (Å²) in [4.78, 5) is 12.0. The van der Waals surface area contributed by atoms with Crippen molar-refractivity contribution in [2.75, 3.05) is 13.2 Å². The highest BCUT2D eigenvalue weighted by Gasteiger charge is 2.51. The monoisotopic (exact) mass is 345 g/mol. The molecule has 0 spiro atoms. The van der Waals surface area contributed by atoms with Gasteiger partial charge in [-0.1, -0.05) is 18.2 Å². The maximum atomic E-state index is 13.6. The van der Waals surface area contributed by atoms with Crippen LogP contribution in [0.4, 0.5) is 4.39 Å². The Kier molecular flexibility index (Phi) is 4.81. The standard InChI is InChI=1S/C21H28FNO2/c22-19-4-2-1-3-18(19)5-6-20(24)23-7-8-25-21-12-15-9-16(13-21)11-17(10-15)14-21/h1-4,15-17H,5-14H2,(H,23,24). The molecule has 0 heterocycles. The number of hydrogen-bond acceptors (Lipinski definition) is 2. The Labute approximate surface area is 149 Å². The normalized spacial score (nSPS) is 32.8. The zero-order valence-electron chi connectivity index (χ0n) is 14.8. The molecule has 0 aromatic heterocycles. The van der Waals surface area contributed by atoms with E-state index in [0.29, 0.717) is 31.6 Å². The lowest BCUT2D eigenvalue weighted by molar-refractivity contribution is -0.161. The number of amides is 1. The summed E-state index contributed by atoms with van der Waals surface area (Å²) >= 11 is 0. The maximum absolute atomic E-state index is 13.6. The molecule has 0 radical (unpaired) electrons. The molecule has 4 bridgehead atoms. The second-order valence-corrected chi connectivity index (χ2v) is 8.39.